The van der Waals surface area contributed by atoms with Gasteiger partial charge in [-0.15, -0.1) is 0 Å². The summed E-state index contributed by atoms with van der Waals surface area (Å²) in [6.45, 7) is 2.05. The van der Waals surface area contributed by atoms with E-state index in [0.717, 1.165) is 37.4 Å². The summed E-state index contributed by atoms with van der Waals surface area (Å²) in [4.78, 5) is 31.2. The van der Waals surface area contributed by atoms with E-state index in [1.54, 1.807) is 6.20 Å². The molecule has 2 aromatic heterocycles. The van der Waals surface area contributed by atoms with Crippen molar-refractivity contribution in [2.45, 2.75) is 50.7 Å². The molecule has 160 valence electrons. The topological polar surface area (TPSA) is 104 Å². The van der Waals surface area contributed by atoms with E-state index < -0.39 is 12.1 Å². The van der Waals surface area contributed by atoms with Crippen LogP contribution in [-0.4, -0.2) is 62.0 Å². The van der Waals surface area contributed by atoms with Gasteiger partial charge in [-0.3, -0.25) is 4.79 Å². The number of carboxylic acid groups (broad SMARTS) is 1. The average molecular weight is 415 g/mol. The first-order valence-corrected chi connectivity index (χ1v) is 9.60. The van der Waals surface area contributed by atoms with Gasteiger partial charge in [-0.25, -0.2) is 14.5 Å². The van der Waals surface area contributed by atoms with Crippen LogP contribution in [0.1, 0.15) is 44.0 Å². The van der Waals surface area contributed by atoms with Crippen LogP contribution in [0.5, 0.6) is 0 Å². The molecule has 4 rings (SSSR count). The number of nitrogens with one attached hydrogen (secondary N) is 1. The normalized spacial score (nSPS) is 20.8. The van der Waals surface area contributed by atoms with Crippen molar-refractivity contribution in [1.82, 2.24) is 24.6 Å². The van der Waals surface area contributed by atoms with E-state index in [2.05, 4.69) is 22.0 Å². The van der Waals surface area contributed by atoms with Crippen LogP contribution in [0.15, 0.2) is 11.0 Å². The number of nitrogens with zero attached hydrogens (tertiary/aromatic N) is 4. The van der Waals surface area contributed by atoms with Crippen LogP contribution >= 0.6 is 0 Å². The molecule has 1 aliphatic heterocycles. The van der Waals surface area contributed by atoms with Gasteiger partial charge in [0.1, 0.15) is 11.2 Å². The Morgan fingerprint density at radius 1 is 1.31 bits per heavy atom. The number of carbonyl (C=O) groups is 1. The summed E-state index contributed by atoms with van der Waals surface area (Å²) in [5, 5.41) is 12.2. The van der Waals surface area contributed by atoms with E-state index in [0.29, 0.717) is 17.3 Å². The third-order valence-corrected chi connectivity index (χ3v) is 5.42. The molecule has 1 saturated carbocycles. The first-order chi connectivity index (χ1) is 13.6. The number of hydrogen-bond acceptors (Lipinski definition) is 5. The molecule has 2 N–H and O–H groups in total. The number of fused-ring (bicyclic) bond motifs is 1. The Kier molecular flexibility index (Phi) is 6.25. The van der Waals surface area contributed by atoms with Crippen LogP contribution in [-0.2, 0) is 11.2 Å². The van der Waals surface area contributed by atoms with Crippen LogP contribution in [0.3, 0.4) is 0 Å². The fourth-order valence-corrected chi connectivity index (χ4v) is 3.94. The smallest absolute Gasteiger partial charge is 0.475 e. The molecule has 1 aliphatic carbocycles. The largest absolute Gasteiger partial charge is 0.490 e. The van der Waals surface area contributed by atoms with Gasteiger partial charge >= 0.3 is 12.1 Å². The molecule has 8 nitrogen and oxygen atoms in total. The maximum Gasteiger partial charge on any atom is 0.490 e. The zero-order valence-corrected chi connectivity index (χ0v) is 16.1. The fourth-order valence-electron chi connectivity index (χ4n) is 3.94. The maximum absolute atomic E-state index is 12.3. The molecule has 0 bridgehead atoms. The summed E-state index contributed by atoms with van der Waals surface area (Å²) in [6.07, 6.45) is 3.68. The minimum Gasteiger partial charge on any atom is -0.475 e. The predicted octanol–water partition coefficient (Wildman–Crippen LogP) is 2.36. The Labute approximate surface area is 164 Å². The summed E-state index contributed by atoms with van der Waals surface area (Å²) < 4.78 is 33.7. The van der Waals surface area contributed by atoms with Gasteiger partial charge in [0.2, 0.25) is 0 Å². The zero-order valence-electron chi connectivity index (χ0n) is 16.1. The van der Waals surface area contributed by atoms with Gasteiger partial charge in [-0.05, 0) is 19.4 Å². The Balaban J connectivity index is 0.000000298. The number of carboxylic acids is 1. The third kappa shape index (κ3) is 5.14. The number of likely N-dealkylation sites (N-methyl/N-ethyl adjacent to an activating group) is 1. The maximum atomic E-state index is 12.3. The van der Waals surface area contributed by atoms with Gasteiger partial charge in [-0.2, -0.15) is 18.3 Å². The first kappa shape index (κ1) is 21.3. The average Bonchev–Trinajstić information content (AvgIpc) is 3.35. The number of likely N-dealkylation sites (tertiary alicyclic amines) is 1. The molecule has 1 atom stereocenters. The third-order valence-electron chi connectivity index (χ3n) is 5.42. The summed E-state index contributed by atoms with van der Waals surface area (Å²) in [5.41, 5.74) is 0.715. The second-order valence-corrected chi connectivity index (χ2v) is 7.70. The number of aromatic nitrogens is 4. The standard InChI is InChI=1S/C16H23N5O.C2HF3O2/c1-20-7-6-12(10-20)21-15-13(9-17-21)16(22)19-14(18-15)8-11-4-2-3-5-11;3-2(4,5)1(6)7/h9,11-12H,2-8,10H2,1H3,(H,18,19,22);(H,6,7). The molecule has 0 aromatic carbocycles. The molecule has 29 heavy (non-hydrogen) atoms. The van der Waals surface area contributed by atoms with Gasteiger partial charge in [-0.1, -0.05) is 25.7 Å². The summed E-state index contributed by atoms with van der Waals surface area (Å²) in [5.74, 6) is -1.25. The molecule has 11 heteroatoms. The lowest BCUT2D eigenvalue weighted by atomic mass is 10.0. The van der Waals surface area contributed by atoms with Crippen molar-refractivity contribution < 1.29 is 23.1 Å². The Hall–Kier alpha value is -2.43. The molecule has 2 aromatic rings. The number of aliphatic carboxylic acids is 1. The van der Waals surface area contributed by atoms with Crippen LogP contribution in [0.25, 0.3) is 11.0 Å². The fraction of sp³-hybridized carbons (Fsp3) is 0.667. The lowest BCUT2D eigenvalue weighted by Gasteiger charge is -2.13. The lowest BCUT2D eigenvalue weighted by Crippen LogP contribution is -2.21. The minimum absolute atomic E-state index is 0.0457. The Morgan fingerprint density at radius 2 is 1.97 bits per heavy atom. The number of halogens is 3. The highest BCUT2D eigenvalue weighted by atomic mass is 19.4. The van der Waals surface area contributed by atoms with E-state index in [1.165, 1.54) is 25.7 Å². The van der Waals surface area contributed by atoms with Crippen molar-refractivity contribution in [2.24, 2.45) is 5.92 Å². The first-order valence-electron chi connectivity index (χ1n) is 9.60. The lowest BCUT2D eigenvalue weighted by molar-refractivity contribution is -0.192. The highest BCUT2D eigenvalue weighted by molar-refractivity contribution is 5.73. The molecule has 2 aliphatic rings. The number of aromatic amines is 1. The molecule has 0 radical (unpaired) electrons. The van der Waals surface area contributed by atoms with Crippen LogP contribution in [0.2, 0.25) is 0 Å². The van der Waals surface area contributed by atoms with Crippen molar-refractivity contribution in [3.63, 3.8) is 0 Å². The van der Waals surface area contributed by atoms with E-state index in [4.69, 9.17) is 14.9 Å². The van der Waals surface area contributed by atoms with Crippen LogP contribution in [0.4, 0.5) is 13.2 Å². The number of rotatable bonds is 3. The van der Waals surface area contributed by atoms with E-state index in [9.17, 15) is 18.0 Å². The quantitative estimate of drug-likeness (QED) is 0.798. The molecule has 0 spiro atoms. The number of H-pyrrole nitrogens is 1. The Morgan fingerprint density at radius 3 is 2.52 bits per heavy atom. The number of hydrogen-bond donors (Lipinski definition) is 2. The van der Waals surface area contributed by atoms with Crippen molar-refractivity contribution in [1.29, 1.82) is 0 Å². The van der Waals surface area contributed by atoms with Gasteiger partial charge in [0.15, 0.2) is 5.65 Å². The Bertz CT molecular complexity index is 918. The predicted molar refractivity (Wildman–Crippen MR) is 98.7 cm³/mol. The summed E-state index contributed by atoms with van der Waals surface area (Å²) in [7, 11) is 2.12. The van der Waals surface area contributed by atoms with Gasteiger partial charge in [0, 0.05) is 19.5 Å². The van der Waals surface area contributed by atoms with Crippen molar-refractivity contribution in [3.8, 4) is 0 Å². The van der Waals surface area contributed by atoms with E-state index in [1.807, 2.05) is 4.68 Å². The van der Waals surface area contributed by atoms with Crippen molar-refractivity contribution in [3.05, 3.63) is 22.4 Å². The highest BCUT2D eigenvalue weighted by Gasteiger charge is 2.38. The van der Waals surface area contributed by atoms with Crippen molar-refractivity contribution in [2.75, 3.05) is 20.1 Å². The minimum atomic E-state index is -5.08. The zero-order chi connectivity index (χ0) is 21.2. The highest BCUT2D eigenvalue weighted by Crippen LogP contribution is 2.27. The molecule has 1 unspecified atom stereocenters. The monoisotopic (exact) mass is 415 g/mol. The van der Waals surface area contributed by atoms with E-state index >= 15 is 0 Å². The molecular formula is C18H24F3N5O3. The SMILES string of the molecule is CN1CCC(n2ncc3c(=O)[nH]c(CC4CCCC4)nc32)C1.O=C(O)C(F)(F)F. The summed E-state index contributed by atoms with van der Waals surface area (Å²) >= 11 is 0. The second-order valence-electron chi connectivity index (χ2n) is 7.70. The molecule has 3 heterocycles. The summed E-state index contributed by atoms with van der Waals surface area (Å²) in [6, 6.07) is 0.330. The molecular weight excluding hydrogens is 391 g/mol. The molecule has 2 fully saturated rings. The van der Waals surface area contributed by atoms with Gasteiger partial charge in [0.05, 0.1) is 12.2 Å². The van der Waals surface area contributed by atoms with Crippen LogP contribution < -0.4 is 5.56 Å². The number of alkyl halides is 3. The second kappa shape index (κ2) is 8.52. The van der Waals surface area contributed by atoms with Crippen LogP contribution in [0, 0.1) is 5.92 Å². The molecule has 1 saturated heterocycles. The van der Waals surface area contributed by atoms with Gasteiger partial charge < -0.3 is 15.0 Å². The molecule has 0 amide bonds. The van der Waals surface area contributed by atoms with Crippen molar-refractivity contribution >= 4 is 17.0 Å². The van der Waals surface area contributed by atoms with E-state index in [-0.39, 0.29) is 5.56 Å². The van der Waals surface area contributed by atoms with Gasteiger partial charge in [0.25, 0.3) is 5.56 Å².